The second-order valence-corrected chi connectivity index (χ2v) is 21.3. The van der Waals surface area contributed by atoms with Gasteiger partial charge in [0.05, 0.1) is 45.7 Å². The highest BCUT2D eigenvalue weighted by molar-refractivity contribution is 7.81. The van der Waals surface area contributed by atoms with Gasteiger partial charge in [0, 0.05) is 0 Å². The van der Waals surface area contributed by atoms with Crippen molar-refractivity contribution in [3.05, 3.63) is 0 Å². The van der Waals surface area contributed by atoms with Crippen molar-refractivity contribution in [1.29, 1.82) is 0 Å². The highest BCUT2D eigenvalue weighted by Crippen LogP contribution is 2.41. The summed E-state index contributed by atoms with van der Waals surface area (Å²) in [5, 5.41) is 118. The number of fused-ring (bicyclic) bond motifs is 6. The second kappa shape index (κ2) is 23.6. The molecule has 29 atom stereocenters. The maximum absolute atomic E-state index is 12.0. The summed E-state index contributed by atoms with van der Waals surface area (Å²) in [6.45, 7) is -3.58. The first-order chi connectivity index (χ1) is 35.1. The van der Waals surface area contributed by atoms with Crippen LogP contribution in [0.25, 0.3) is 0 Å². The van der Waals surface area contributed by atoms with Gasteiger partial charge in [-0.3, -0.25) is 12.5 Å². The number of hydrogen-bond acceptors (Lipinski definition) is 36. The Labute approximate surface area is 424 Å². The average molecular weight is 1160 g/mol. The van der Waals surface area contributed by atoms with Gasteiger partial charge in [0.15, 0.2) is 31.5 Å². The molecule has 8 fully saturated rings. The highest BCUT2D eigenvalue weighted by atomic mass is 32.3. The first-order valence-electron chi connectivity index (χ1n) is 22.7. The molecule has 8 saturated heterocycles. The molecule has 11 N–H and O–H groups in total. The van der Waals surface area contributed by atoms with Crippen LogP contribution in [-0.2, 0) is 105 Å². The first kappa shape index (κ1) is 59.8. The van der Waals surface area contributed by atoms with Gasteiger partial charge in [-0.25, -0.2) is 25.3 Å². The lowest BCUT2D eigenvalue weighted by atomic mass is 9.96. The van der Waals surface area contributed by atoms with E-state index in [0.29, 0.717) is 0 Å². The Morgan fingerprint density at radius 1 is 0.480 bits per heavy atom. The summed E-state index contributed by atoms with van der Waals surface area (Å²) in [5.74, 6) is 0. The molecule has 39 heteroatoms. The standard InChI is InChI=1S/C36H58O36S3/c1-8(40)21(22(9(41)2-37)70-73(48,49)50)65-33-17(44)28-23(13(63-33)6-58-28)66-36-20(47)31(26(11(4-39)61-36)72-75(54,55)56)69-34-18(45)29-24(14(64-34)7-59-29)67-35-19(46)30(25(10(3-38)60-35)71-74(51,52)53)68-32-16(43)27-15(42)12(62-32)5-57-27/h8-47H,2-7H2,1H3,(H,48,49,50)(H,51,52,53)(H,54,55,56)/p-3/t8-,9+,10-,11-,12-,13-,14-,15+,16-,17-,18-,19-,20-,21-,22+,23+,24+,25+,26+,27+,28-,29-,30-,31-,32-,33-,34-,35-,36-/m1/s1. The van der Waals surface area contributed by atoms with Crippen LogP contribution in [0.4, 0.5) is 0 Å². The summed E-state index contributed by atoms with van der Waals surface area (Å²) in [6.07, 6.45) is -53.1. The summed E-state index contributed by atoms with van der Waals surface area (Å²) >= 11 is 0. The van der Waals surface area contributed by atoms with Crippen LogP contribution in [0.5, 0.6) is 0 Å². The predicted molar refractivity (Wildman–Crippen MR) is 216 cm³/mol. The highest BCUT2D eigenvalue weighted by Gasteiger charge is 2.61. The molecule has 75 heavy (non-hydrogen) atoms. The van der Waals surface area contributed by atoms with Gasteiger partial charge in [-0.15, -0.1) is 0 Å². The molecule has 8 heterocycles. The molecular weight excluding hydrogens is 1100 g/mol. The minimum absolute atomic E-state index is 0.209. The van der Waals surface area contributed by atoms with Crippen LogP contribution < -0.4 is 0 Å². The molecule has 0 amide bonds. The Morgan fingerprint density at radius 2 is 0.867 bits per heavy atom. The maximum atomic E-state index is 12.0. The molecule has 436 valence electrons. The molecule has 8 aliphatic rings. The van der Waals surface area contributed by atoms with Crippen LogP contribution in [0.1, 0.15) is 6.92 Å². The molecule has 0 unspecified atom stereocenters. The zero-order valence-electron chi connectivity index (χ0n) is 38.3. The van der Waals surface area contributed by atoms with E-state index in [1.807, 2.05) is 0 Å². The number of rotatable bonds is 22. The molecule has 0 aromatic carbocycles. The van der Waals surface area contributed by atoms with E-state index in [4.69, 9.17) is 61.6 Å². The minimum Gasteiger partial charge on any atom is -0.726 e. The largest absolute Gasteiger partial charge is 0.726 e. The molecule has 36 nitrogen and oxygen atoms in total. The van der Waals surface area contributed by atoms with Crippen LogP contribution in [0.15, 0.2) is 0 Å². The van der Waals surface area contributed by atoms with E-state index in [-0.39, 0.29) is 6.61 Å². The van der Waals surface area contributed by atoms with Gasteiger partial charge in [-0.05, 0) is 6.92 Å². The number of hydrogen-bond donors (Lipinski definition) is 11. The van der Waals surface area contributed by atoms with Crippen molar-refractivity contribution >= 4 is 31.2 Å². The summed E-state index contributed by atoms with van der Waals surface area (Å²) in [7, 11) is -17.0. The van der Waals surface area contributed by atoms with E-state index < -0.39 is 242 Å². The van der Waals surface area contributed by atoms with Crippen molar-refractivity contribution in [2.45, 2.75) is 185 Å². The maximum Gasteiger partial charge on any atom is 0.218 e. The van der Waals surface area contributed by atoms with E-state index in [2.05, 4.69) is 12.5 Å². The molecule has 6 bridgehead atoms. The monoisotopic (exact) mass is 1160 g/mol. The van der Waals surface area contributed by atoms with E-state index in [0.717, 1.165) is 6.92 Å². The van der Waals surface area contributed by atoms with E-state index >= 15 is 0 Å². The summed E-state index contributed by atoms with van der Waals surface area (Å²) in [5.41, 5.74) is 0. The van der Waals surface area contributed by atoms with Crippen LogP contribution in [0.2, 0.25) is 0 Å². The topological polar surface area (TPSA) is 542 Å². The molecule has 0 saturated carbocycles. The molecule has 0 aromatic rings. The zero-order chi connectivity index (χ0) is 54.8. The van der Waals surface area contributed by atoms with Gasteiger partial charge in [-0.1, -0.05) is 0 Å². The smallest absolute Gasteiger partial charge is 0.218 e. The van der Waals surface area contributed by atoms with Crippen LogP contribution >= 0.6 is 0 Å². The van der Waals surface area contributed by atoms with Crippen LogP contribution in [0.3, 0.4) is 0 Å². The normalized spacial score (nSPS) is 46.8. The van der Waals surface area contributed by atoms with E-state index in [9.17, 15) is 95.1 Å². The fraction of sp³-hybridized carbons (Fsp3) is 1.00. The van der Waals surface area contributed by atoms with Gasteiger partial charge in [0.1, 0.15) is 140 Å². The summed E-state index contributed by atoms with van der Waals surface area (Å²) < 4.78 is 193. The predicted octanol–water partition coefficient (Wildman–Crippen LogP) is -11.8. The fourth-order valence-electron chi connectivity index (χ4n) is 9.90. The number of aliphatic hydroxyl groups excluding tert-OH is 11. The third kappa shape index (κ3) is 13.1. The van der Waals surface area contributed by atoms with Crippen molar-refractivity contribution in [3.63, 3.8) is 0 Å². The van der Waals surface area contributed by atoms with Gasteiger partial charge in [0.25, 0.3) is 0 Å². The third-order valence-electron chi connectivity index (χ3n) is 13.3. The molecule has 8 aliphatic heterocycles. The third-order valence-corrected chi connectivity index (χ3v) is 14.7. The lowest BCUT2D eigenvalue weighted by Crippen LogP contribution is -2.67. The number of ether oxygens (including phenoxy) is 13. The van der Waals surface area contributed by atoms with Crippen molar-refractivity contribution < 1.29 is 169 Å². The molecule has 0 spiro atoms. The van der Waals surface area contributed by atoms with Crippen LogP contribution in [0, 0.1) is 0 Å². The van der Waals surface area contributed by atoms with Crippen molar-refractivity contribution in [2.75, 3.05) is 39.6 Å². The van der Waals surface area contributed by atoms with Gasteiger partial charge >= 0.3 is 0 Å². The quantitative estimate of drug-likeness (QED) is 0.0354. The second-order valence-electron chi connectivity index (χ2n) is 18.3. The van der Waals surface area contributed by atoms with Gasteiger partial charge in [-0.2, -0.15) is 0 Å². The summed E-state index contributed by atoms with van der Waals surface area (Å²) in [6, 6.07) is 0. The first-order valence-corrected chi connectivity index (χ1v) is 26.7. The minimum atomic E-state index is -5.74. The Bertz CT molecular complexity index is 2250. The van der Waals surface area contributed by atoms with E-state index in [1.54, 1.807) is 0 Å². The molecule has 0 aromatic heterocycles. The Morgan fingerprint density at radius 3 is 1.29 bits per heavy atom. The fourth-order valence-corrected chi connectivity index (χ4v) is 11.4. The lowest BCUT2D eigenvalue weighted by molar-refractivity contribution is -0.376. The van der Waals surface area contributed by atoms with Crippen molar-refractivity contribution in [3.8, 4) is 0 Å². The van der Waals surface area contributed by atoms with Crippen molar-refractivity contribution in [2.24, 2.45) is 0 Å². The van der Waals surface area contributed by atoms with Gasteiger partial charge < -0.3 is 131 Å². The number of aliphatic hydroxyl groups is 11. The Kier molecular flexibility index (Phi) is 18.8. The Hall–Kier alpha value is -1.35. The molecule has 0 radical (unpaired) electrons. The van der Waals surface area contributed by atoms with Crippen LogP contribution in [-0.4, -0.2) is 313 Å². The van der Waals surface area contributed by atoms with Crippen molar-refractivity contribution in [1.82, 2.24) is 0 Å². The van der Waals surface area contributed by atoms with E-state index in [1.165, 1.54) is 0 Å². The molecular formula is C36H55O36S3-3. The van der Waals surface area contributed by atoms with Gasteiger partial charge in [0.2, 0.25) is 31.2 Å². The summed E-state index contributed by atoms with van der Waals surface area (Å²) in [4.78, 5) is 0. The molecule has 8 rings (SSSR count). The lowest BCUT2D eigenvalue weighted by Gasteiger charge is -2.48. The SMILES string of the molecule is C[C@@H](O)[C@@H](O[C@H]1O[C@@H]2CO[C@H]([C@H]1O)[C@H]2O[C@H]1O[C@H](CO)[C@H](OS(=O)(=O)[O-])[C@H](O[C@H]2O[C@@H]3CO[C@H]([C@H]2O)[C@H]3O[C@H]2O[C@H](CO)[C@H](OS(=O)(=O)[O-])[C@H](O[C@H]3O[C@@H]4CO[C@@H]([C@H]4O)[C@H]3O)[C@H]2O)[C@H]1O)[C@@H](OS(=O)(=O)[O-])[C@@H](O)CO. The molecule has 0 aliphatic carbocycles. The average Bonchev–Trinajstić information content (AvgIpc) is 3.91. The Balaban J connectivity index is 0.969. The zero-order valence-corrected chi connectivity index (χ0v) is 40.8.